The normalized spacial score (nSPS) is 15.7. The lowest BCUT2D eigenvalue weighted by Gasteiger charge is -2.37. The minimum Gasteiger partial charge on any atom is -0.491 e. The van der Waals surface area contributed by atoms with Crippen molar-refractivity contribution in [3.8, 4) is 5.75 Å². The topological polar surface area (TPSA) is 49.9 Å². The molecule has 0 spiro atoms. The average Bonchev–Trinajstić information content (AvgIpc) is 3.38. The number of hydrogen-bond donors (Lipinski definition) is 0. The van der Waals surface area contributed by atoms with Gasteiger partial charge < -0.3 is 14.5 Å². The molecule has 37 heavy (non-hydrogen) atoms. The van der Waals surface area contributed by atoms with E-state index in [0.717, 1.165) is 35.3 Å². The Bertz CT molecular complexity index is 1210. The molecule has 0 saturated heterocycles. The number of aryl methyl sites for hydroxylation is 1. The highest BCUT2D eigenvalue weighted by Gasteiger charge is 2.33. The van der Waals surface area contributed by atoms with E-state index in [9.17, 15) is 9.59 Å². The number of fused-ring (bicyclic) bond motifs is 1. The highest BCUT2D eigenvalue weighted by molar-refractivity contribution is 7.10. The number of carbonyl (C=O) groups excluding carboxylic acids is 2. The first-order chi connectivity index (χ1) is 17.9. The smallest absolute Gasteiger partial charge is 0.242 e. The van der Waals surface area contributed by atoms with Crippen molar-refractivity contribution in [2.45, 2.75) is 46.1 Å². The number of rotatable bonds is 10. The summed E-state index contributed by atoms with van der Waals surface area (Å²) in [6.07, 6.45) is 2.06. The van der Waals surface area contributed by atoms with Crippen molar-refractivity contribution in [3.63, 3.8) is 0 Å². The van der Waals surface area contributed by atoms with Crippen LogP contribution in [0.3, 0.4) is 0 Å². The molecule has 0 saturated carbocycles. The Balaban J connectivity index is 1.51. The van der Waals surface area contributed by atoms with Gasteiger partial charge in [-0.05, 0) is 65.6 Å². The van der Waals surface area contributed by atoms with Crippen LogP contribution in [0.4, 0.5) is 0 Å². The van der Waals surface area contributed by atoms with Crippen LogP contribution < -0.4 is 4.74 Å². The summed E-state index contributed by atoms with van der Waals surface area (Å²) in [6, 6.07) is 17.2. The monoisotopic (exact) mass is 538 g/mol. The Morgan fingerprint density at radius 3 is 2.70 bits per heavy atom. The highest BCUT2D eigenvalue weighted by atomic mass is 35.5. The summed E-state index contributed by atoms with van der Waals surface area (Å²) in [5, 5.41) is 2.78. The summed E-state index contributed by atoms with van der Waals surface area (Å²) in [4.78, 5) is 32.0. The molecule has 0 radical (unpaired) electrons. The SMILES string of the molecule is CC[C@@H](C)CN(CC(=O)N1CCc2sccc2[C@H]1COc1ccc(Cl)c(C)c1)C(=O)Cc1ccccc1. The maximum absolute atomic E-state index is 13.7. The van der Waals surface area contributed by atoms with E-state index in [4.69, 9.17) is 16.3 Å². The second kappa shape index (κ2) is 12.6. The molecule has 1 aliphatic rings. The Hall–Kier alpha value is -2.83. The number of thiophene rings is 1. The molecule has 2 atom stereocenters. The molecular formula is C30H35ClN2O3S. The van der Waals surface area contributed by atoms with Crippen LogP contribution >= 0.6 is 22.9 Å². The third kappa shape index (κ3) is 6.93. The van der Waals surface area contributed by atoms with E-state index in [1.807, 2.05) is 60.4 Å². The number of hydrogen-bond acceptors (Lipinski definition) is 4. The van der Waals surface area contributed by atoms with Gasteiger partial charge in [-0.1, -0.05) is 62.2 Å². The zero-order chi connectivity index (χ0) is 26.4. The summed E-state index contributed by atoms with van der Waals surface area (Å²) in [7, 11) is 0. The summed E-state index contributed by atoms with van der Waals surface area (Å²) in [6.45, 7) is 7.78. The standard InChI is InChI=1S/C30H35ClN2O3S/c1-4-21(2)18-32(29(34)17-23-8-6-5-7-9-23)19-30(35)33-14-12-28-25(13-15-37-28)27(33)20-36-24-10-11-26(31)22(3)16-24/h5-11,13,15-16,21,27H,4,12,14,17-20H2,1-3H3/t21-,27-/m1/s1. The van der Waals surface area contributed by atoms with Crippen molar-refractivity contribution in [1.29, 1.82) is 0 Å². The van der Waals surface area contributed by atoms with Crippen LogP contribution in [0.25, 0.3) is 0 Å². The van der Waals surface area contributed by atoms with Gasteiger partial charge in [0.15, 0.2) is 0 Å². The van der Waals surface area contributed by atoms with Gasteiger partial charge in [-0.3, -0.25) is 9.59 Å². The van der Waals surface area contributed by atoms with E-state index >= 15 is 0 Å². The zero-order valence-electron chi connectivity index (χ0n) is 21.8. The zero-order valence-corrected chi connectivity index (χ0v) is 23.4. The molecule has 2 heterocycles. The van der Waals surface area contributed by atoms with Gasteiger partial charge in [0, 0.05) is 23.0 Å². The van der Waals surface area contributed by atoms with E-state index in [-0.39, 0.29) is 24.4 Å². The number of benzene rings is 2. The van der Waals surface area contributed by atoms with Crippen LogP contribution in [0.2, 0.25) is 5.02 Å². The van der Waals surface area contributed by atoms with Gasteiger partial charge in [-0.15, -0.1) is 11.3 Å². The molecule has 2 amide bonds. The Labute approximate surface area is 229 Å². The molecule has 7 heteroatoms. The Morgan fingerprint density at radius 2 is 1.97 bits per heavy atom. The maximum atomic E-state index is 13.7. The molecule has 0 N–H and O–H groups in total. The first kappa shape index (κ1) is 27.2. The largest absolute Gasteiger partial charge is 0.491 e. The predicted molar refractivity (Wildman–Crippen MR) is 150 cm³/mol. The van der Waals surface area contributed by atoms with Gasteiger partial charge in [0.1, 0.15) is 12.4 Å². The van der Waals surface area contributed by atoms with Crippen LogP contribution in [0, 0.1) is 12.8 Å². The summed E-state index contributed by atoms with van der Waals surface area (Å²) >= 11 is 7.90. The summed E-state index contributed by atoms with van der Waals surface area (Å²) in [5.74, 6) is 0.984. The van der Waals surface area contributed by atoms with Gasteiger partial charge in [0.05, 0.1) is 19.0 Å². The number of carbonyl (C=O) groups is 2. The molecule has 0 fully saturated rings. The Morgan fingerprint density at radius 1 is 1.19 bits per heavy atom. The molecule has 4 rings (SSSR count). The van der Waals surface area contributed by atoms with E-state index < -0.39 is 0 Å². The van der Waals surface area contributed by atoms with Gasteiger partial charge >= 0.3 is 0 Å². The molecular weight excluding hydrogens is 504 g/mol. The molecule has 3 aromatic rings. The van der Waals surface area contributed by atoms with Crippen molar-refractivity contribution >= 4 is 34.8 Å². The molecule has 1 aliphatic heterocycles. The van der Waals surface area contributed by atoms with Crippen molar-refractivity contribution in [1.82, 2.24) is 9.80 Å². The second-order valence-corrected chi connectivity index (χ2v) is 11.2. The molecule has 0 aliphatic carbocycles. The summed E-state index contributed by atoms with van der Waals surface area (Å²) < 4.78 is 6.17. The molecule has 0 bridgehead atoms. The van der Waals surface area contributed by atoms with Crippen LogP contribution in [0.15, 0.2) is 60.0 Å². The van der Waals surface area contributed by atoms with Crippen molar-refractivity contribution in [3.05, 3.63) is 86.6 Å². The Kier molecular flexibility index (Phi) is 9.28. The van der Waals surface area contributed by atoms with E-state index in [2.05, 4.69) is 25.3 Å². The number of halogens is 1. The van der Waals surface area contributed by atoms with Gasteiger partial charge in [0.25, 0.3) is 0 Å². The van der Waals surface area contributed by atoms with Gasteiger partial charge in [-0.25, -0.2) is 0 Å². The van der Waals surface area contributed by atoms with Crippen LogP contribution in [0.1, 0.15) is 47.9 Å². The lowest BCUT2D eigenvalue weighted by Crippen LogP contribution is -2.48. The van der Waals surface area contributed by atoms with Crippen molar-refractivity contribution in [2.24, 2.45) is 5.92 Å². The minimum absolute atomic E-state index is 0.0162. The third-order valence-corrected chi connectivity index (χ3v) is 8.48. The molecule has 196 valence electrons. The van der Waals surface area contributed by atoms with Gasteiger partial charge in [0.2, 0.25) is 11.8 Å². The average molecular weight is 539 g/mol. The van der Waals surface area contributed by atoms with Crippen molar-refractivity contribution < 1.29 is 14.3 Å². The second-order valence-electron chi connectivity index (χ2n) is 9.82. The number of amides is 2. The molecule has 0 unspecified atom stereocenters. The molecule has 5 nitrogen and oxygen atoms in total. The van der Waals surface area contributed by atoms with Crippen LogP contribution in [-0.2, 0) is 22.4 Å². The van der Waals surface area contributed by atoms with Crippen LogP contribution in [0.5, 0.6) is 5.75 Å². The fourth-order valence-corrected chi connectivity index (χ4v) is 5.70. The fourth-order valence-electron chi connectivity index (χ4n) is 4.65. The third-order valence-electron chi connectivity index (χ3n) is 7.06. The van der Waals surface area contributed by atoms with Gasteiger partial charge in [-0.2, -0.15) is 0 Å². The fraction of sp³-hybridized carbons (Fsp3) is 0.400. The van der Waals surface area contributed by atoms with E-state index in [0.29, 0.717) is 37.1 Å². The summed E-state index contributed by atoms with van der Waals surface area (Å²) in [5.41, 5.74) is 3.04. The number of nitrogens with zero attached hydrogens (tertiary/aromatic N) is 2. The first-order valence-corrected chi connectivity index (χ1v) is 14.2. The minimum atomic E-state index is -0.201. The lowest BCUT2D eigenvalue weighted by molar-refractivity contribution is -0.143. The molecule has 2 aromatic carbocycles. The van der Waals surface area contributed by atoms with Crippen molar-refractivity contribution in [2.75, 3.05) is 26.2 Å². The predicted octanol–water partition coefficient (Wildman–Crippen LogP) is 6.33. The maximum Gasteiger partial charge on any atom is 0.242 e. The van der Waals surface area contributed by atoms with Crippen LogP contribution in [-0.4, -0.2) is 47.9 Å². The van der Waals surface area contributed by atoms with E-state index in [1.54, 1.807) is 16.2 Å². The highest BCUT2D eigenvalue weighted by Crippen LogP contribution is 2.34. The first-order valence-electron chi connectivity index (χ1n) is 12.9. The lowest BCUT2D eigenvalue weighted by atomic mass is 10.00. The quantitative estimate of drug-likeness (QED) is 0.303. The molecule has 1 aromatic heterocycles. The van der Waals surface area contributed by atoms with E-state index in [1.165, 1.54) is 4.88 Å². The number of ether oxygens (including phenoxy) is 1.